The van der Waals surface area contributed by atoms with Crippen LogP contribution in [0.2, 0.25) is 0 Å². The van der Waals surface area contributed by atoms with Crippen molar-refractivity contribution in [3.05, 3.63) is 0 Å². The van der Waals surface area contributed by atoms with E-state index in [4.69, 9.17) is 0 Å². The van der Waals surface area contributed by atoms with E-state index in [2.05, 4.69) is 27.7 Å². The van der Waals surface area contributed by atoms with Gasteiger partial charge in [-0.25, -0.2) is 0 Å². The molecule has 0 radical (unpaired) electrons. The molecule has 0 aromatic rings. The molecule has 4 aliphatic rings. The summed E-state index contributed by atoms with van der Waals surface area (Å²) >= 11 is 0. The highest BCUT2D eigenvalue weighted by Crippen LogP contribution is 2.69. The van der Waals surface area contributed by atoms with Crippen molar-refractivity contribution >= 4 is 5.78 Å². The maximum atomic E-state index is 12.3. The van der Waals surface area contributed by atoms with Crippen LogP contribution in [0.4, 0.5) is 0 Å². The van der Waals surface area contributed by atoms with Gasteiger partial charge in [0.2, 0.25) is 0 Å². The maximum Gasteiger partial charge on any atom is 0.133 e. The Balaban J connectivity index is 1.66. The molecule has 0 aromatic heterocycles. The van der Waals surface area contributed by atoms with Gasteiger partial charge in [0, 0.05) is 5.92 Å². The molecule has 0 spiro atoms. The fraction of sp³-hybridized carbons (Fsp3) is 0.957. The van der Waals surface area contributed by atoms with Gasteiger partial charge in [-0.2, -0.15) is 0 Å². The van der Waals surface area contributed by atoms with E-state index in [1.807, 2.05) is 6.92 Å². The zero-order valence-electron chi connectivity index (χ0n) is 17.0. The standard InChI is InChI=1S/C23H38O2/c1-14-12-16-13-21(3,25)10-11-22(16,4)19-8-9-23(5)17(15(2)24)6-7-18(23)20(14)19/h14,16-20,25H,6-13H2,1-5H3/t14?,16-,17+,18-,19-,20-,21+,22-,23+/m0/s1. The Morgan fingerprint density at radius 3 is 2.32 bits per heavy atom. The molecule has 9 atom stereocenters. The van der Waals surface area contributed by atoms with Gasteiger partial charge in [0.25, 0.3) is 0 Å². The van der Waals surface area contributed by atoms with Crippen molar-refractivity contribution in [1.29, 1.82) is 0 Å². The normalized spacial score (nSPS) is 58.2. The van der Waals surface area contributed by atoms with Crippen LogP contribution in [0.25, 0.3) is 0 Å². The largest absolute Gasteiger partial charge is 0.390 e. The van der Waals surface area contributed by atoms with E-state index in [9.17, 15) is 9.90 Å². The van der Waals surface area contributed by atoms with Gasteiger partial charge >= 0.3 is 0 Å². The first-order valence-corrected chi connectivity index (χ1v) is 10.8. The summed E-state index contributed by atoms with van der Waals surface area (Å²) in [4.78, 5) is 12.3. The maximum absolute atomic E-state index is 12.3. The van der Waals surface area contributed by atoms with E-state index in [0.29, 0.717) is 23.0 Å². The molecule has 0 aromatic carbocycles. The van der Waals surface area contributed by atoms with Crippen LogP contribution in [-0.4, -0.2) is 16.5 Å². The van der Waals surface area contributed by atoms with Crippen molar-refractivity contribution in [2.75, 3.05) is 0 Å². The van der Waals surface area contributed by atoms with Crippen LogP contribution < -0.4 is 0 Å². The predicted octanol–water partition coefficient (Wildman–Crippen LogP) is 5.23. The first kappa shape index (κ1) is 18.0. The Morgan fingerprint density at radius 2 is 1.64 bits per heavy atom. The summed E-state index contributed by atoms with van der Waals surface area (Å²) in [6.07, 6.45) is 9.38. The molecule has 4 aliphatic carbocycles. The van der Waals surface area contributed by atoms with Gasteiger partial charge < -0.3 is 5.11 Å². The highest BCUT2D eigenvalue weighted by atomic mass is 16.3. The lowest BCUT2D eigenvalue weighted by Crippen LogP contribution is -2.57. The van der Waals surface area contributed by atoms with Crippen LogP contribution in [0.15, 0.2) is 0 Å². The number of Topliss-reactive ketones (excluding diaryl/α,β-unsaturated/α-hetero) is 1. The van der Waals surface area contributed by atoms with Crippen molar-refractivity contribution in [2.45, 2.75) is 91.6 Å². The zero-order chi connectivity index (χ0) is 18.2. The van der Waals surface area contributed by atoms with Crippen LogP contribution in [0.3, 0.4) is 0 Å². The lowest BCUT2D eigenvalue weighted by Gasteiger charge is -2.63. The fourth-order valence-electron chi connectivity index (χ4n) is 8.48. The summed E-state index contributed by atoms with van der Waals surface area (Å²) in [5.74, 6) is 4.52. The quantitative estimate of drug-likeness (QED) is 0.706. The molecule has 142 valence electrons. The van der Waals surface area contributed by atoms with E-state index < -0.39 is 5.60 Å². The Kier molecular flexibility index (Phi) is 4.01. The predicted molar refractivity (Wildman–Crippen MR) is 101 cm³/mol. The molecule has 4 rings (SSSR count). The second kappa shape index (κ2) is 5.57. The van der Waals surface area contributed by atoms with E-state index in [-0.39, 0.29) is 5.41 Å². The molecular weight excluding hydrogens is 308 g/mol. The molecule has 2 nitrogen and oxygen atoms in total. The average molecular weight is 347 g/mol. The molecule has 1 N–H and O–H groups in total. The minimum absolute atomic E-state index is 0.255. The number of rotatable bonds is 1. The number of aliphatic hydroxyl groups is 1. The van der Waals surface area contributed by atoms with Crippen molar-refractivity contribution in [3.8, 4) is 0 Å². The topological polar surface area (TPSA) is 37.3 Å². The zero-order valence-corrected chi connectivity index (χ0v) is 17.0. The van der Waals surface area contributed by atoms with Crippen molar-refractivity contribution in [3.63, 3.8) is 0 Å². The second-order valence-corrected chi connectivity index (χ2v) is 11.2. The van der Waals surface area contributed by atoms with Gasteiger partial charge in [-0.1, -0.05) is 20.8 Å². The summed E-state index contributed by atoms with van der Waals surface area (Å²) in [7, 11) is 0. The molecule has 0 saturated heterocycles. The van der Waals surface area contributed by atoms with Crippen LogP contribution in [0.1, 0.15) is 86.0 Å². The molecule has 1 unspecified atom stereocenters. The summed E-state index contributed by atoms with van der Waals surface area (Å²) in [6, 6.07) is 0. The van der Waals surface area contributed by atoms with Crippen LogP contribution in [0.5, 0.6) is 0 Å². The number of hydrogen-bond donors (Lipinski definition) is 1. The number of hydrogen-bond acceptors (Lipinski definition) is 2. The van der Waals surface area contributed by atoms with Gasteiger partial charge in [0.05, 0.1) is 5.60 Å². The number of carbonyl (C=O) groups is 1. The SMILES string of the molecule is CC(=O)[C@H]1CC[C@H]2[C@@H]3C(C)C[C@H]4C[C@](C)(O)CC[C@]4(C)[C@H]3CC[C@]12C. The van der Waals surface area contributed by atoms with Gasteiger partial charge in [0.1, 0.15) is 5.78 Å². The first-order valence-electron chi connectivity index (χ1n) is 10.8. The Hall–Kier alpha value is -0.370. The van der Waals surface area contributed by atoms with Crippen LogP contribution in [0, 0.1) is 46.3 Å². The fourth-order valence-corrected chi connectivity index (χ4v) is 8.48. The highest BCUT2D eigenvalue weighted by molar-refractivity contribution is 5.79. The number of fused-ring (bicyclic) bond motifs is 5. The van der Waals surface area contributed by atoms with E-state index in [1.165, 1.54) is 32.1 Å². The van der Waals surface area contributed by atoms with Crippen LogP contribution in [-0.2, 0) is 4.79 Å². The second-order valence-electron chi connectivity index (χ2n) is 11.2. The number of ketones is 1. The van der Waals surface area contributed by atoms with Crippen LogP contribution >= 0.6 is 0 Å². The van der Waals surface area contributed by atoms with Gasteiger partial charge in [0.15, 0.2) is 0 Å². The Bertz CT molecular complexity index is 566. The smallest absolute Gasteiger partial charge is 0.133 e. The Morgan fingerprint density at radius 1 is 0.960 bits per heavy atom. The summed E-state index contributed by atoms with van der Waals surface area (Å²) in [5.41, 5.74) is 0.215. The summed E-state index contributed by atoms with van der Waals surface area (Å²) in [5, 5.41) is 10.7. The van der Waals surface area contributed by atoms with Crippen molar-refractivity contribution in [1.82, 2.24) is 0 Å². The van der Waals surface area contributed by atoms with Gasteiger partial charge in [-0.15, -0.1) is 0 Å². The molecule has 25 heavy (non-hydrogen) atoms. The molecule has 0 amide bonds. The minimum atomic E-state index is -0.451. The monoisotopic (exact) mass is 346 g/mol. The first-order chi connectivity index (χ1) is 11.6. The van der Waals surface area contributed by atoms with Gasteiger partial charge in [-0.05, 0) is 106 Å². The molecule has 0 bridgehead atoms. The lowest BCUT2D eigenvalue weighted by molar-refractivity contribution is -0.165. The molecule has 4 saturated carbocycles. The van der Waals surface area contributed by atoms with Crippen molar-refractivity contribution in [2.24, 2.45) is 46.3 Å². The average Bonchev–Trinajstić information content (AvgIpc) is 2.86. The molecule has 2 heteroatoms. The minimum Gasteiger partial charge on any atom is -0.390 e. The Labute approximate surface area is 154 Å². The lowest BCUT2D eigenvalue weighted by atomic mass is 9.42. The molecule has 0 heterocycles. The van der Waals surface area contributed by atoms with Gasteiger partial charge in [-0.3, -0.25) is 4.79 Å². The highest BCUT2D eigenvalue weighted by Gasteiger charge is 2.62. The summed E-state index contributed by atoms with van der Waals surface area (Å²) < 4.78 is 0. The molecule has 4 fully saturated rings. The van der Waals surface area contributed by atoms with E-state index in [0.717, 1.165) is 42.9 Å². The third kappa shape index (κ3) is 2.49. The van der Waals surface area contributed by atoms with Crippen molar-refractivity contribution < 1.29 is 9.90 Å². The summed E-state index contributed by atoms with van der Waals surface area (Å²) in [6.45, 7) is 11.4. The number of carbonyl (C=O) groups excluding carboxylic acids is 1. The van der Waals surface area contributed by atoms with E-state index in [1.54, 1.807) is 0 Å². The third-order valence-corrected chi connectivity index (χ3v) is 9.80. The molecule has 0 aliphatic heterocycles. The molecular formula is C23H38O2. The third-order valence-electron chi connectivity index (χ3n) is 9.80. The van der Waals surface area contributed by atoms with E-state index >= 15 is 0 Å².